The number of amides is 1. The van der Waals surface area contributed by atoms with Gasteiger partial charge in [0.1, 0.15) is 5.78 Å². The maximum Gasteiger partial charge on any atom is 0.287 e. The van der Waals surface area contributed by atoms with Crippen LogP contribution >= 0.6 is 0 Å². The van der Waals surface area contributed by atoms with E-state index >= 15 is 0 Å². The van der Waals surface area contributed by atoms with Crippen LogP contribution in [0.15, 0.2) is 60.9 Å². The van der Waals surface area contributed by atoms with E-state index in [0.29, 0.717) is 31.1 Å². The molecule has 0 spiro atoms. The van der Waals surface area contributed by atoms with Crippen LogP contribution in [-0.4, -0.2) is 36.7 Å². The first-order valence-corrected chi connectivity index (χ1v) is 15.7. The molecule has 5 heteroatoms. The summed E-state index contributed by atoms with van der Waals surface area (Å²) in [6.45, 7) is 23.3. The lowest BCUT2D eigenvalue weighted by Gasteiger charge is -2.21. The Balaban J connectivity index is -0.00000105. The van der Waals surface area contributed by atoms with Gasteiger partial charge in [0, 0.05) is 39.7 Å². The van der Waals surface area contributed by atoms with E-state index < -0.39 is 17.6 Å². The van der Waals surface area contributed by atoms with Gasteiger partial charge in [0.15, 0.2) is 0 Å². The molecule has 2 fully saturated rings. The predicted molar refractivity (Wildman–Crippen MR) is 176 cm³/mol. The quantitative estimate of drug-likeness (QED) is 0.138. The van der Waals surface area contributed by atoms with Gasteiger partial charge in [0.2, 0.25) is 5.78 Å². The molecule has 1 aliphatic heterocycles. The summed E-state index contributed by atoms with van der Waals surface area (Å²) in [5.74, 6) is -0.676. The van der Waals surface area contributed by atoms with Gasteiger partial charge in [0.05, 0.1) is 6.61 Å². The highest BCUT2D eigenvalue weighted by Crippen LogP contribution is 2.26. The van der Waals surface area contributed by atoms with Gasteiger partial charge in [0.25, 0.3) is 5.91 Å². The van der Waals surface area contributed by atoms with Gasteiger partial charge in [-0.2, -0.15) is 0 Å². The molecule has 3 rings (SSSR count). The molecule has 1 saturated heterocycles. The van der Waals surface area contributed by atoms with Gasteiger partial charge in [-0.15, -0.1) is 12.3 Å². The van der Waals surface area contributed by atoms with Crippen LogP contribution in [0, 0.1) is 23.7 Å². The maximum absolute atomic E-state index is 13.2. The molecule has 1 aliphatic carbocycles. The Morgan fingerprint density at radius 2 is 1.68 bits per heavy atom. The summed E-state index contributed by atoms with van der Waals surface area (Å²) < 4.78 is 5.08. The van der Waals surface area contributed by atoms with E-state index in [0.717, 1.165) is 43.6 Å². The van der Waals surface area contributed by atoms with Crippen LogP contribution in [0.4, 0.5) is 0 Å². The van der Waals surface area contributed by atoms with Gasteiger partial charge in [-0.1, -0.05) is 84.5 Å². The van der Waals surface area contributed by atoms with Crippen molar-refractivity contribution in [1.29, 1.82) is 0 Å². The monoisotopic (exact) mass is 571 g/mol. The van der Waals surface area contributed by atoms with Crippen LogP contribution in [0.3, 0.4) is 0 Å². The first-order chi connectivity index (χ1) is 19.7. The molecule has 1 aromatic carbocycles. The Labute approximate surface area is 253 Å². The highest BCUT2D eigenvalue weighted by molar-refractivity contribution is 6.37. The molecule has 1 aromatic rings. The molecule has 3 atom stereocenters. The summed E-state index contributed by atoms with van der Waals surface area (Å²) in [6.07, 6.45) is 7.63. The SMILES string of the molecule is C=C=C(C)C[C@@H](CC(C)C)C(=O)C[C@@H](CCc1ccccc1)C(=O)C(=O)NC1CC1.C=C[C@H]1CCOC1.CC.CC.[HH].[HH]. The molecule has 0 radical (unpaired) electrons. The maximum atomic E-state index is 13.2. The Morgan fingerprint density at radius 3 is 2.15 bits per heavy atom. The van der Waals surface area contributed by atoms with E-state index in [2.05, 4.69) is 38.1 Å². The number of allylic oxidation sites excluding steroid dienone is 1. The second kappa shape index (κ2) is 22.9. The molecule has 0 bridgehead atoms. The molecule has 2 aliphatic rings. The molecule has 1 saturated carbocycles. The fourth-order valence-corrected chi connectivity index (χ4v) is 4.47. The first kappa shape index (κ1) is 38.2. The standard InChI is InChI=1S/C26H35NO3.C6H10O.2C2H6.2H2/c1-5-19(4)16-22(15-18(2)3)24(28)17-21(12-11-20-9-7-6-8-10-20)25(29)26(30)27-23-13-14-23;1-2-6-3-4-7-5-6;2*1-2;;/h6-10,18,21-23H,1,11-17H2,2-4H3,(H,27,30);2,6H,1,3-5H2;2*1-2H3;2*1H/t21-,22-;6-;;;;/m10..../s1. The topological polar surface area (TPSA) is 72.5 Å². The number of carbonyl (C=O) groups is 3. The summed E-state index contributed by atoms with van der Waals surface area (Å²) in [5.41, 5.74) is 4.93. The third kappa shape index (κ3) is 17.0. The van der Waals surface area contributed by atoms with E-state index in [1.165, 1.54) is 6.42 Å². The lowest BCUT2D eigenvalue weighted by atomic mass is 9.82. The van der Waals surface area contributed by atoms with Gasteiger partial charge in [-0.3, -0.25) is 14.4 Å². The number of hydrogen-bond acceptors (Lipinski definition) is 4. The molecule has 5 nitrogen and oxygen atoms in total. The van der Waals surface area contributed by atoms with E-state index in [4.69, 9.17) is 4.74 Å². The zero-order valence-electron chi connectivity index (χ0n) is 27.0. The summed E-state index contributed by atoms with van der Waals surface area (Å²) in [5, 5.41) is 2.79. The van der Waals surface area contributed by atoms with Gasteiger partial charge in [-0.25, -0.2) is 0 Å². The Bertz CT molecular complexity index is 947. The van der Waals surface area contributed by atoms with Crippen molar-refractivity contribution >= 4 is 17.5 Å². The van der Waals surface area contributed by atoms with Crippen molar-refractivity contribution in [3.63, 3.8) is 0 Å². The van der Waals surface area contributed by atoms with Crippen molar-refractivity contribution < 1.29 is 22.0 Å². The predicted octanol–water partition coefficient (Wildman–Crippen LogP) is 8.58. The number of nitrogens with one attached hydrogen (secondary N) is 1. The largest absolute Gasteiger partial charge is 0.381 e. The molecule has 1 heterocycles. The van der Waals surface area contributed by atoms with E-state index in [-0.39, 0.29) is 27.0 Å². The van der Waals surface area contributed by atoms with Crippen molar-refractivity contribution in [2.24, 2.45) is 23.7 Å². The average Bonchev–Trinajstić information content (AvgIpc) is 3.65. The molecular weight excluding hydrogens is 510 g/mol. The number of ether oxygens (including phenoxy) is 1. The van der Waals surface area contributed by atoms with Crippen molar-refractivity contribution in [3.8, 4) is 0 Å². The van der Waals surface area contributed by atoms with E-state index in [1.807, 2.05) is 71.0 Å². The molecule has 41 heavy (non-hydrogen) atoms. The number of aryl methyl sites for hydroxylation is 1. The summed E-state index contributed by atoms with van der Waals surface area (Å²) in [7, 11) is 0. The first-order valence-electron chi connectivity index (χ1n) is 15.7. The van der Waals surface area contributed by atoms with Gasteiger partial charge in [-0.05, 0) is 68.9 Å². The minimum Gasteiger partial charge on any atom is -0.381 e. The number of carbonyl (C=O) groups excluding carboxylic acids is 3. The third-order valence-corrected chi connectivity index (χ3v) is 6.94. The smallest absolute Gasteiger partial charge is 0.287 e. The Morgan fingerprint density at radius 1 is 1.05 bits per heavy atom. The molecular formula is C36H61NO4. The Kier molecular flexibility index (Phi) is 21.3. The molecule has 1 N–H and O–H groups in total. The molecule has 1 amide bonds. The van der Waals surface area contributed by atoms with Crippen LogP contribution in [0.1, 0.15) is 102 Å². The highest BCUT2D eigenvalue weighted by Gasteiger charge is 2.33. The van der Waals surface area contributed by atoms with Crippen LogP contribution < -0.4 is 5.32 Å². The zero-order chi connectivity index (χ0) is 31.2. The second-order valence-electron chi connectivity index (χ2n) is 10.9. The number of Topliss-reactive ketones (excluding diaryl/α,β-unsaturated/α-hetero) is 2. The molecule has 0 unspecified atom stereocenters. The number of ketones is 2. The lowest BCUT2D eigenvalue weighted by Crippen LogP contribution is -2.38. The van der Waals surface area contributed by atoms with E-state index in [1.54, 1.807) is 0 Å². The minimum absolute atomic E-state index is 0. The summed E-state index contributed by atoms with van der Waals surface area (Å²) >= 11 is 0. The van der Waals surface area contributed by atoms with Crippen LogP contribution in [0.5, 0.6) is 0 Å². The van der Waals surface area contributed by atoms with Crippen LogP contribution in [-0.2, 0) is 25.5 Å². The second-order valence-corrected chi connectivity index (χ2v) is 10.9. The fourth-order valence-electron chi connectivity index (χ4n) is 4.47. The van der Waals surface area contributed by atoms with Crippen molar-refractivity contribution in [3.05, 3.63) is 66.4 Å². The number of benzene rings is 1. The molecule has 0 aromatic heterocycles. The summed E-state index contributed by atoms with van der Waals surface area (Å²) in [4.78, 5) is 38.5. The number of hydrogen-bond donors (Lipinski definition) is 1. The lowest BCUT2D eigenvalue weighted by molar-refractivity contribution is -0.141. The average molecular weight is 572 g/mol. The zero-order valence-corrected chi connectivity index (χ0v) is 27.0. The van der Waals surface area contributed by atoms with Gasteiger partial charge >= 0.3 is 0 Å². The Hall–Kier alpha value is -2.75. The molecule has 234 valence electrons. The van der Waals surface area contributed by atoms with Crippen molar-refractivity contribution in [2.45, 2.75) is 106 Å². The summed E-state index contributed by atoms with van der Waals surface area (Å²) in [6, 6.07) is 10.0. The minimum atomic E-state index is -0.584. The third-order valence-electron chi connectivity index (χ3n) is 6.94. The highest BCUT2D eigenvalue weighted by atomic mass is 16.5. The van der Waals surface area contributed by atoms with Crippen molar-refractivity contribution in [1.82, 2.24) is 5.32 Å². The fraction of sp³-hybridized carbons (Fsp3) is 0.611. The van der Waals surface area contributed by atoms with E-state index in [9.17, 15) is 14.4 Å². The van der Waals surface area contributed by atoms with Crippen molar-refractivity contribution in [2.75, 3.05) is 13.2 Å². The van der Waals surface area contributed by atoms with Gasteiger partial charge < -0.3 is 10.1 Å². The van der Waals surface area contributed by atoms with Crippen LogP contribution in [0.25, 0.3) is 0 Å². The van der Waals surface area contributed by atoms with Crippen LogP contribution in [0.2, 0.25) is 0 Å². The normalized spacial score (nSPS) is 16.6. The number of rotatable bonds is 14.